The van der Waals surface area contributed by atoms with Crippen molar-refractivity contribution in [1.82, 2.24) is 0 Å². The van der Waals surface area contributed by atoms with Gasteiger partial charge in [0.15, 0.2) is 0 Å². The molecule has 0 aromatic carbocycles. The van der Waals surface area contributed by atoms with Gasteiger partial charge < -0.3 is 10.2 Å². The highest BCUT2D eigenvalue weighted by molar-refractivity contribution is 9.09. The second-order valence-corrected chi connectivity index (χ2v) is 6.94. The minimum absolute atomic E-state index is 0.515. The van der Waals surface area contributed by atoms with Gasteiger partial charge in [0.05, 0.1) is 0 Å². The molecule has 0 aliphatic heterocycles. The van der Waals surface area contributed by atoms with E-state index >= 15 is 0 Å². The highest BCUT2D eigenvalue weighted by atomic mass is 33.5. The normalized spacial score (nSPS) is 14.9. The van der Waals surface area contributed by atoms with Gasteiger partial charge in [-0.1, -0.05) is 21.6 Å². The highest BCUT2D eigenvalue weighted by Gasteiger charge is 2.15. The summed E-state index contributed by atoms with van der Waals surface area (Å²) >= 11 is 0. The van der Waals surface area contributed by atoms with Crippen LogP contribution in [0.1, 0.15) is 13.8 Å². The summed E-state index contributed by atoms with van der Waals surface area (Å²) in [5.74, 6) is -1.78. The molecule has 2 N–H and O–H groups in total. The molecule has 0 bridgehead atoms. The van der Waals surface area contributed by atoms with Gasteiger partial charge in [-0.05, 0) is 23.7 Å². The maximum Gasteiger partial charge on any atom is 0.317 e. The third-order valence-electron chi connectivity index (χ3n) is 1.06. The summed E-state index contributed by atoms with van der Waals surface area (Å²) in [5, 5.41) is 16.0. The van der Waals surface area contributed by atoms with Gasteiger partial charge in [0.2, 0.25) is 0 Å². The third-order valence-corrected chi connectivity index (χ3v) is 5.82. The van der Waals surface area contributed by atoms with Crippen molar-refractivity contribution in [2.45, 2.75) is 24.3 Å². The summed E-state index contributed by atoms with van der Waals surface area (Å²) in [6, 6.07) is 0. The van der Waals surface area contributed by atoms with Crippen molar-refractivity contribution in [2.75, 3.05) is 0 Å². The van der Waals surface area contributed by atoms with Crippen LogP contribution in [0.2, 0.25) is 0 Å². The zero-order valence-corrected chi connectivity index (χ0v) is 9.54. The standard InChI is InChI=1S/C6H10O4S3/c1-3(5(7)8)11-13-12-4(2)6(9)10/h3-4H,1-2H3,(H,7,8)(H,9,10). The number of hydrogen-bond donors (Lipinski definition) is 2. The van der Waals surface area contributed by atoms with Crippen molar-refractivity contribution >= 4 is 43.4 Å². The molecule has 2 atom stereocenters. The summed E-state index contributed by atoms with van der Waals surface area (Å²) < 4.78 is 0. The fourth-order valence-electron chi connectivity index (χ4n) is 0.223. The summed E-state index contributed by atoms with van der Waals surface area (Å²) in [6.45, 7) is 3.12. The van der Waals surface area contributed by atoms with Crippen molar-refractivity contribution in [3.05, 3.63) is 0 Å². The largest absolute Gasteiger partial charge is 0.480 e. The summed E-state index contributed by atoms with van der Waals surface area (Å²) in [7, 11) is 3.49. The number of hydrogen-bond acceptors (Lipinski definition) is 5. The van der Waals surface area contributed by atoms with Gasteiger partial charge in [-0.25, -0.2) is 0 Å². The van der Waals surface area contributed by atoms with Gasteiger partial charge in [-0.3, -0.25) is 9.59 Å². The molecular weight excluding hydrogens is 232 g/mol. The lowest BCUT2D eigenvalue weighted by Gasteiger charge is -2.06. The lowest BCUT2D eigenvalue weighted by molar-refractivity contribution is -0.137. The molecule has 0 heterocycles. The average Bonchev–Trinajstić information content (AvgIpc) is 2.03. The summed E-state index contributed by atoms with van der Waals surface area (Å²) in [6.07, 6.45) is 0. The molecule has 0 saturated carbocycles. The van der Waals surface area contributed by atoms with Crippen molar-refractivity contribution in [3.63, 3.8) is 0 Å². The van der Waals surface area contributed by atoms with E-state index in [1.807, 2.05) is 0 Å². The van der Waals surface area contributed by atoms with Crippen molar-refractivity contribution in [2.24, 2.45) is 0 Å². The Hall–Kier alpha value is -0.0100. The molecule has 0 spiro atoms. The molecule has 0 fully saturated rings. The van der Waals surface area contributed by atoms with E-state index < -0.39 is 22.4 Å². The summed E-state index contributed by atoms with van der Waals surface area (Å²) in [4.78, 5) is 20.7. The Bertz CT molecular complexity index is 176. The van der Waals surface area contributed by atoms with Crippen LogP contribution in [0.4, 0.5) is 0 Å². The van der Waals surface area contributed by atoms with E-state index in [9.17, 15) is 9.59 Å². The Balaban J connectivity index is 3.56. The first-order valence-corrected chi connectivity index (χ1v) is 7.00. The smallest absolute Gasteiger partial charge is 0.317 e. The van der Waals surface area contributed by atoms with Crippen LogP contribution in [0.5, 0.6) is 0 Å². The monoisotopic (exact) mass is 242 g/mol. The Morgan fingerprint density at radius 2 is 1.31 bits per heavy atom. The van der Waals surface area contributed by atoms with E-state index in [0.717, 1.165) is 21.6 Å². The molecule has 2 unspecified atom stereocenters. The van der Waals surface area contributed by atoms with Crippen LogP contribution in [-0.2, 0) is 9.59 Å². The molecule has 7 heteroatoms. The number of carboxylic acid groups (broad SMARTS) is 2. The molecular formula is C6H10O4S3. The van der Waals surface area contributed by atoms with E-state index in [4.69, 9.17) is 10.2 Å². The molecule has 0 aliphatic carbocycles. The van der Waals surface area contributed by atoms with Crippen LogP contribution in [0.25, 0.3) is 0 Å². The van der Waals surface area contributed by atoms with E-state index in [1.165, 1.54) is 9.83 Å². The number of carboxylic acids is 2. The Kier molecular flexibility index (Phi) is 6.44. The first kappa shape index (κ1) is 13.0. The van der Waals surface area contributed by atoms with Crippen LogP contribution >= 0.6 is 31.4 Å². The molecule has 4 nitrogen and oxygen atoms in total. The van der Waals surface area contributed by atoms with E-state index in [1.54, 1.807) is 13.8 Å². The molecule has 0 radical (unpaired) electrons. The first-order chi connectivity index (χ1) is 5.95. The lowest BCUT2D eigenvalue weighted by Crippen LogP contribution is -2.11. The quantitative estimate of drug-likeness (QED) is 0.689. The van der Waals surface area contributed by atoms with Crippen LogP contribution in [0.3, 0.4) is 0 Å². The van der Waals surface area contributed by atoms with Gasteiger partial charge in [0.25, 0.3) is 0 Å². The topological polar surface area (TPSA) is 74.6 Å². The second kappa shape index (κ2) is 6.44. The number of rotatable bonds is 6. The van der Waals surface area contributed by atoms with Crippen molar-refractivity contribution < 1.29 is 19.8 Å². The maximum absolute atomic E-state index is 10.3. The lowest BCUT2D eigenvalue weighted by atomic mass is 10.5. The molecule has 0 saturated heterocycles. The third kappa shape index (κ3) is 6.11. The molecule has 0 aromatic rings. The SMILES string of the molecule is CC(SSSC(C)C(=O)O)C(=O)O. The molecule has 0 aliphatic rings. The van der Waals surface area contributed by atoms with E-state index in [0.29, 0.717) is 0 Å². The van der Waals surface area contributed by atoms with Crippen LogP contribution < -0.4 is 0 Å². The van der Waals surface area contributed by atoms with Gasteiger partial charge in [0.1, 0.15) is 10.5 Å². The molecule has 0 rings (SSSR count). The molecule has 0 aromatic heterocycles. The first-order valence-electron chi connectivity index (χ1n) is 3.39. The predicted octanol–water partition coefficient (Wildman–Crippen LogP) is 1.96. The van der Waals surface area contributed by atoms with E-state index in [-0.39, 0.29) is 0 Å². The fraction of sp³-hybridized carbons (Fsp3) is 0.667. The highest BCUT2D eigenvalue weighted by Crippen LogP contribution is 2.40. The van der Waals surface area contributed by atoms with Crippen molar-refractivity contribution in [1.29, 1.82) is 0 Å². The fourth-order valence-corrected chi connectivity index (χ4v) is 4.54. The minimum atomic E-state index is -0.888. The summed E-state index contributed by atoms with van der Waals surface area (Å²) in [5.41, 5.74) is 0. The van der Waals surface area contributed by atoms with Crippen LogP contribution in [-0.4, -0.2) is 32.7 Å². The van der Waals surface area contributed by atoms with Gasteiger partial charge in [0, 0.05) is 0 Å². The zero-order chi connectivity index (χ0) is 10.4. The Labute approximate surface area is 87.6 Å². The second-order valence-electron chi connectivity index (χ2n) is 2.22. The van der Waals surface area contributed by atoms with Crippen LogP contribution in [0, 0.1) is 0 Å². The number of aliphatic carboxylic acids is 2. The molecule has 76 valence electrons. The predicted molar refractivity (Wildman–Crippen MR) is 57.0 cm³/mol. The Morgan fingerprint density at radius 1 is 1.00 bits per heavy atom. The van der Waals surface area contributed by atoms with Gasteiger partial charge >= 0.3 is 11.9 Å². The number of carbonyl (C=O) groups is 2. The van der Waals surface area contributed by atoms with Crippen LogP contribution in [0.15, 0.2) is 0 Å². The average molecular weight is 242 g/mol. The Morgan fingerprint density at radius 3 is 1.54 bits per heavy atom. The molecule has 0 amide bonds. The maximum atomic E-state index is 10.3. The van der Waals surface area contributed by atoms with E-state index in [2.05, 4.69) is 0 Å². The zero-order valence-electron chi connectivity index (χ0n) is 7.09. The van der Waals surface area contributed by atoms with Crippen molar-refractivity contribution in [3.8, 4) is 0 Å². The minimum Gasteiger partial charge on any atom is -0.480 e. The molecule has 13 heavy (non-hydrogen) atoms. The van der Waals surface area contributed by atoms with Gasteiger partial charge in [-0.15, -0.1) is 0 Å². The van der Waals surface area contributed by atoms with Gasteiger partial charge in [-0.2, -0.15) is 0 Å².